The summed E-state index contributed by atoms with van der Waals surface area (Å²) in [4.78, 5) is 16.2. The molecular formula is C6H9N5O. The van der Waals surface area contributed by atoms with E-state index in [4.69, 9.17) is 0 Å². The topological polar surface area (TPSA) is 69.4 Å². The van der Waals surface area contributed by atoms with Gasteiger partial charge in [-0.25, -0.2) is 4.79 Å². The second-order valence-electron chi connectivity index (χ2n) is 2.63. The standard InChI is InChI=1S/C6H9N5O/c12-6-8-5(9-10-6)11-3-1-7-2-4-11/h7H,1-4H2. The van der Waals surface area contributed by atoms with Crippen LogP contribution < -0.4 is 5.32 Å². The molecule has 12 heavy (non-hydrogen) atoms. The van der Waals surface area contributed by atoms with E-state index in [1.807, 2.05) is 4.90 Å². The zero-order valence-corrected chi connectivity index (χ0v) is 6.53. The largest absolute Gasteiger partial charge is 0.389 e. The monoisotopic (exact) mass is 167 g/mol. The van der Waals surface area contributed by atoms with Gasteiger partial charge in [0.05, 0.1) is 0 Å². The van der Waals surface area contributed by atoms with Crippen LogP contribution in [0, 0.1) is 0 Å². The minimum atomic E-state index is -0.497. The van der Waals surface area contributed by atoms with Crippen molar-refractivity contribution in [2.75, 3.05) is 26.2 Å². The highest BCUT2D eigenvalue weighted by Crippen LogP contribution is 2.04. The molecule has 0 aliphatic carbocycles. The number of guanidine groups is 1. The van der Waals surface area contributed by atoms with Crippen LogP contribution in [0.25, 0.3) is 0 Å². The maximum absolute atomic E-state index is 10.6. The molecule has 6 heteroatoms. The van der Waals surface area contributed by atoms with Crippen LogP contribution in [0.1, 0.15) is 0 Å². The van der Waals surface area contributed by atoms with Gasteiger partial charge in [0.1, 0.15) is 0 Å². The normalized spacial score (nSPS) is 23.2. The molecule has 1 fully saturated rings. The molecule has 1 saturated heterocycles. The molecule has 0 spiro atoms. The molecule has 0 aromatic rings. The van der Waals surface area contributed by atoms with Gasteiger partial charge in [-0.3, -0.25) is 0 Å². The molecule has 2 aliphatic rings. The summed E-state index contributed by atoms with van der Waals surface area (Å²) in [5.74, 6) is 0.460. The molecule has 2 rings (SSSR count). The minimum absolute atomic E-state index is 0.460. The van der Waals surface area contributed by atoms with Crippen molar-refractivity contribution in [1.82, 2.24) is 10.2 Å². The second kappa shape index (κ2) is 2.98. The number of nitrogens with one attached hydrogen (secondary N) is 1. The van der Waals surface area contributed by atoms with E-state index in [0.717, 1.165) is 26.2 Å². The Balaban J connectivity index is 2.04. The van der Waals surface area contributed by atoms with Crippen LogP contribution in [0.4, 0.5) is 4.79 Å². The lowest BCUT2D eigenvalue weighted by Crippen LogP contribution is -2.45. The predicted molar refractivity (Wildman–Crippen MR) is 42.1 cm³/mol. The number of hydrogen-bond donors (Lipinski definition) is 1. The van der Waals surface area contributed by atoms with Crippen LogP contribution in [0.15, 0.2) is 15.2 Å². The molecule has 0 aromatic heterocycles. The highest BCUT2D eigenvalue weighted by Gasteiger charge is 2.18. The number of rotatable bonds is 0. The highest BCUT2D eigenvalue weighted by molar-refractivity contribution is 5.97. The average Bonchev–Trinajstić information content (AvgIpc) is 2.54. The first-order chi connectivity index (χ1) is 5.86. The molecule has 0 radical (unpaired) electrons. The van der Waals surface area contributed by atoms with E-state index in [1.54, 1.807) is 0 Å². The summed E-state index contributed by atoms with van der Waals surface area (Å²) in [6.45, 7) is 3.49. The molecule has 0 aromatic carbocycles. The van der Waals surface area contributed by atoms with E-state index in [2.05, 4.69) is 20.5 Å². The van der Waals surface area contributed by atoms with E-state index in [1.165, 1.54) is 0 Å². The lowest BCUT2D eigenvalue weighted by Gasteiger charge is -2.26. The van der Waals surface area contributed by atoms with Crippen LogP contribution in [0.5, 0.6) is 0 Å². The quantitative estimate of drug-likeness (QED) is 0.544. The number of hydrogen-bond acceptors (Lipinski definition) is 4. The van der Waals surface area contributed by atoms with Gasteiger partial charge in [-0.15, -0.1) is 5.11 Å². The third-order valence-corrected chi connectivity index (χ3v) is 1.82. The fourth-order valence-electron chi connectivity index (χ4n) is 1.22. The number of urea groups is 1. The van der Waals surface area contributed by atoms with Gasteiger partial charge in [0.25, 0.3) is 0 Å². The van der Waals surface area contributed by atoms with Crippen molar-refractivity contribution in [2.24, 2.45) is 15.2 Å². The summed E-state index contributed by atoms with van der Waals surface area (Å²) in [5.41, 5.74) is 0. The Bertz CT molecular complexity index is 253. The number of azo groups is 1. The number of carbonyl (C=O) groups is 1. The summed E-state index contributed by atoms with van der Waals surface area (Å²) in [5, 5.41) is 10.2. The number of nitrogens with zero attached hydrogens (tertiary/aromatic N) is 4. The van der Waals surface area contributed by atoms with Gasteiger partial charge >= 0.3 is 6.03 Å². The van der Waals surface area contributed by atoms with Crippen molar-refractivity contribution >= 4 is 12.0 Å². The zero-order chi connectivity index (χ0) is 8.39. The second-order valence-corrected chi connectivity index (χ2v) is 2.63. The Morgan fingerprint density at radius 1 is 1.25 bits per heavy atom. The van der Waals surface area contributed by atoms with E-state index in [0.29, 0.717) is 5.96 Å². The Kier molecular flexibility index (Phi) is 1.83. The first kappa shape index (κ1) is 7.35. The molecule has 1 N–H and O–H groups in total. The van der Waals surface area contributed by atoms with Crippen LogP contribution >= 0.6 is 0 Å². The Morgan fingerprint density at radius 2 is 2.00 bits per heavy atom. The third kappa shape index (κ3) is 1.33. The smallest absolute Gasteiger partial charge is 0.337 e. The Hall–Kier alpha value is -1.30. The predicted octanol–water partition coefficient (Wildman–Crippen LogP) is -0.167. The van der Waals surface area contributed by atoms with Crippen molar-refractivity contribution in [3.05, 3.63) is 0 Å². The molecule has 6 nitrogen and oxygen atoms in total. The van der Waals surface area contributed by atoms with Gasteiger partial charge in [0.2, 0.25) is 5.96 Å². The SMILES string of the molecule is O=C1N=NC(N2CCNCC2)=N1. The van der Waals surface area contributed by atoms with Gasteiger partial charge in [0.15, 0.2) is 0 Å². The summed E-state index contributed by atoms with van der Waals surface area (Å²) in [6, 6.07) is -0.497. The van der Waals surface area contributed by atoms with Crippen LogP contribution in [0.2, 0.25) is 0 Å². The molecule has 2 amide bonds. The Labute approximate surface area is 69.4 Å². The number of carbonyl (C=O) groups excluding carboxylic acids is 1. The molecule has 0 atom stereocenters. The Morgan fingerprint density at radius 3 is 2.58 bits per heavy atom. The van der Waals surface area contributed by atoms with E-state index in [-0.39, 0.29) is 0 Å². The summed E-state index contributed by atoms with van der Waals surface area (Å²) < 4.78 is 0. The van der Waals surface area contributed by atoms with Gasteiger partial charge in [0, 0.05) is 26.2 Å². The number of aliphatic imine (C=N–C) groups is 1. The van der Waals surface area contributed by atoms with E-state index < -0.39 is 6.03 Å². The van der Waals surface area contributed by atoms with Gasteiger partial charge in [-0.1, -0.05) is 5.11 Å². The molecule has 0 saturated carbocycles. The first-order valence-electron chi connectivity index (χ1n) is 3.86. The van der Waals surface area contributed by atoms with Crippen molar-refractivity contribution in [2.45, 2.75) is 0 Å². The molecule has 2 heterocycles. The maximum atomic E-state index is 10.6. The number of piperazine rings is 1. The molecule has 0 unspecified atom stereocenters. The van der Waals surface area contributed by atoms with Gasteiger partial charge < -0.3 is 10.2 Å². The van der Waals surface area contributed by atoms with E-state index in [9.17, 15) is 4.79 Å². The number of amides is 2. The van der Waals surface area contributed by atoms with Gasteiger partial charge in [-0.05, 0) is 0 Å². The average molecular weight is 167 g/mol. The molecule has 64 valence electrons. The van der Waals surface area contributed by atoms with Gasteiger partial charge in [-0.2, -0.15) is 4.99 Å². The van der Waals surface area contributed by atoms with E-state index >= 15 is 0 Å². The van der Waals surface area contributed by atoms with Crippen LogP contribution in [-0.4, -0.2) is 43.1 Å². The molecular weight excluding hydrogens is 158 g/mol. The van der Waals surface area contributed by atoms with Crippen molar-refractivity contribution in [3.63, 3.8) is 0 Å². The fraction of sp³-hybridized carbons (Fsp3) is 0.667. The highest BCUT2D eigenvalue weighted by atomic mass is 16.2. The lowest BCUT2D eigenvalue weighted by atomic mass is 10.4. The zero-order valence-electron chi connectivity index (χ0n) is 6.53. The molecule has 0 bridgehead atoms. The van der Waals surface area contributed by atoms with Crippen LogP contribution in [0.3, 0.4) is 0 Å². The maximum Gasteiger partial charge on any atom is 0.389 e. The van der Waals surface area contributed by atoms with Crippen molar-refractivity contribution < 1.29 is 4.79 Å². The minimum Gasteiger partial charge on any atom is -0.337 e. The third-order valence-electron chi connectivity index (χ3n) is 1.82. The summed E-state index contributed by atoms with van der Waals surface area (Å²) >= 11 is 0. The van der Waals surface area contributed by atoms with Crippen molar-refractivity contribution in [3.8, 4) is 0 Å². The van der Waals surface area contributed by atoms with Crippen molar-refractivity contribution in [1.29, 1.82) is 0 Å². The summed E-state index contributed by atoms with van der Waals surface area (Å²) in [6.07, 6.45) is 0. The summed E-state index contributed by atoms with van der Waals surface area (Å²) in [7, 11) is 0. The lowest BCUT2D eigenvalue weighted by molar-refractivity contribution is 0.256. The molecule has 2 aliphatic heterocycles. The first-order valence-corrected chi connectivity index (χ1v) is 3.86. The fourth-order valence-corrected chi connectivity index (χ4v) is 1.22. The van der Waals surface area contributed by atoms with Crippen LogP contribution in [-0.2, 0) is 0 Å².